The molecule has 4 aromatic carbocycles. The number of hydrogen-bond donors (Lipinski definition) is 4. The fourth-order valence-electron chi connectivity index (χ4n) is 4.86. The molecule has 12 nitrogen and oxygen atoms in total. The number of likely N-dealkylation sites (N-methyl/N-ethyl adjacent to an activating group) is 2. The van der Waals surface area contributed by atoms with E-state index in [2.05, 4.69) is 70.0 Å². The molecule has 0 unspecified atom stereocenters. The first-order chi connectivity index (χ1) is 27.5. The fraction of sp³-hybridized carbons (Fsp3) is 0.273. The van der Waals surface area contributed by atoms with Gasteiger partial charge in [-0.05, 0) is 113 Å². The maximum absolute atomic E-state index is 5.74. The third-order valence-electron chi connectivity index (χ3n) is 8.12. The number of aromatic nitrogens is 4. The molecule has 0 saturated heterocycles. The topological polar surface area (TPSA) is 139 Å². The summed E-state index contributed by atoms with van der Waals surface area (Å²) >= 11 is 5.74. The van der Waals surface area contributed by atoms with Crippen molar-refractivity contribution in [3.8, 4) is 11.5 Å². The summed E-state index contributed by atoms with van der Waals surface area (Å²) in [5.41, 5.74) is 11.6. The van der Waals surface area contributed by atoms with E-state index in [-0.39, 0.29) is 5.28 Å². The third-order valence-corrected chi connectivity index (χ3v) is 8.31. The second-order valence-electron chi connectivity index (χ2n) is 13.6. The van der Waals surface area contributed by atoms with Gasteiger partial charge in [0.1, 0.15) is 36.3 Å². The Balaban J connectivity index is 0.000000209. The van der Waals surface area contributed by atoms with Crippen molar-refractivity contribution in [2.45, 2.75) is 26.9 Å². The van der Waals surface area contributed by atoms with Crippen molar-refractivity contribution in [2.75, 3.05) is 76.2 Å². The number of ether oxygens (including phenoxy) is 2. The van der Waals surface area contributed by atoms with Crippen LogP contribution in [-0.4, -0.2) is 84.2 Å². The minimum Gasteiger partial charge on any atom is -0.492 e. The predicted molar refractivity (Wildman–Crippen MR) is 235 cm³/mol. The molecule has 0 aliphatic carbocycles. The molecule has 2 heterocycles. The lowest BCUT2D eigenvalue weighted by Crippen LogP contribution is -2.19. The largest absolute Gasteiger partial charge is 0.492 e. The second-order valence-corrected chi connectivity index (χ2v) is 13.9. The highest BCUT2D eigenvalue weighted by atomic mass is 35.5. The number of nitrogens with one attached hydrogen (secondary N) is 3. The highest BCUT2D eigenvalue weighted by Crippen LogP contribution is 2.21. The Bertz CT molecular complexity index is 2020. The van der Waals surface area contributed by atoms with Gasteiger partial charge in [0, 0.05) is 61.1 Å². The van der Waals surface area contributed by atoms with Crippen LogP contribution in [0.15, 0.2) is 122 Å². The van der Waals surface area contributed by atoms with Crippen molar-refractivity contribution in [3.63, 3.8) is 0 Å². The Morgan fingerprint density at radius 1 is 0.596 bits per heavy atom. The monoisotopic (exact) mass is 790 g/mol. The molecule has 0 fully saturated rings. The van der Waals surface area contributed by atoms with Crippen LogP contribution >= 0.6 is 11.6 Å². The van der Waals surface area contributed by atoms with Crippen LogP contribution < -0.4 is 31.2 Å². The molecule has 2 aromatic heterocycles. The smallest absolute Gasteiger partial charge is 0.229 e. The van der Waals surface area contributed by atoms with Crippen LogP contribution in [-0.2, 0) is 13.1 Å². The molecule has 300 valence electrons. The zero-order valence-corrected chi connectivity index (χ0v) is 34.5. The van der Waals surface area contributed by atoms with Crippen LogP contribution in [0.2, 0.25) is 5.28 Å². The van der Waals surface area contributed by atoms with E-state index in [1.54, 1.807) is 6.20 Å². The number of benzene rings is 4. The lowest BCUT2D eigenvalue weighted by Gasteiger charge is -2.12. The average Bonchev–Trinajstić information content (AvgIpc) is 3.21. The van der Waals surface area contributed by atoms with Crippen LogP contribution in [0.25, 0.3) is 0 Å². The van der Waals surface area contributed by atoms with Crippen molar-refractivity contribution in [1.29, 1.82) is 0 Å². The van der Waals surface area contributed by atoms with Crippen molar-refractivity contribution in [2.24, 2.45) is 0 Å². The number of nitrogens with two attached hydrogens (primary N) is 1. The third kappa shape index (κ3) is 17.2. The molecular weight excluding hydrogens is 736 g/mol. The minimum absolute atomic E-state index is 0.265. The lowest BCUT2D eigenvalue weighted by molar-refractivity contribution is 0.261. The summed E-state index contributed by atoms with van der Waals surface area (Å²) in [7, 11) is 8.10. The van der Waals surface area contributed by atoms with E-state index in [1.165, 1.54) is 11.1 Å². The van der Waals surface area contributed by atoms with E-state index in [1.807, 2.05) is 133 Å². The first kappa shape index (κ1) is 43.8. The Morgan fingerprint density at radius 2 is 1.05 bits per heavy atom. The van der Waals surface area contributed by atoms with E-state index in [0.29, 0.717) is 19.2 Å². The number of nitrogens with zero attached hydrogens (tertiary/aromatic N) is 6. The molecule has 0 amide bonds. The van der Waals surface area contributed by atoms with Gasteiger partial charge in [-0.15, -0.1) is 0 Å². The first-order valence-electron chi connectivity index (χ1n) is 18.7. The van der Waals surface area contributed by atoms with E-state index in [4.69, 9.17) is 26.8 Å². The summed E-state index contributed by atoms with van der Waals surface area (Å²) in [4.78, 5) is 21.2. The van der Waals surface area contributed by atoms with Gasteiger partial charge in [-0.3, -0.25) is 0 Å². The first-order valence-corrected chi connectivity index (χ1v) is 19.1. The summed E-state index contributed by atoms with van der Waals surface area (Å²) in [5.74, 6) is 3.88. The fourth-order valence-corrected chi connectivity index (χ4v) is 5.00. The van der Waals surface area contributed by atoms with E-state index in [0.717, 1.165) is 71.8 Å². The number of hydrogen-bond acceptors (Lipinski definition) is 12. The Kier molecular flexibility index (Phi) is 18.3. The summed E-state index contributed by atoms with van der Waals surface area (Å²) in [5, 5.41) is 10.1. The van der Waals surface area contributed by atoms with E-state index >= 15 is 0 Å². The molecule has 57 heavy (non-hydrogen) atoms. The molecule has 5 N–H and O–H groups in total. The number of nitrogen functional groups attached to an aromatic ring is 1. The van der Waals surface area contributed by atoms with Crippen LogP contribution in [0.5, 0.6) is 11.5 Å². The molecule has 0 saturated carbocycles. The summed E-state index contributed by atoms with van der Waals surface area (Å²) in [6.07, 6.45) is 3.53. The van der Waals surface area contributed by atoms with E-state index in [9.17, 15) is 0 Å². The number of halogens is 1. The second kappa shape index (κ2) is 23.9. The van der Waals surface area contributed by atoms with Crippen molar-refractivity contribution < 1.29 is 9.47 Å². The maximum Gasteiger partial charge on any atom is 0.229 e. The maximum atomic E-state index is 5.74. The van der Waals surface area contributed by atoms with Crippen molar-refractivity contribution >= 4 is 40.6 Å². The molecule has 0 atom stereocenters. The zero-order valence-electron chi connectivity index (χ0n) is 33.7. The predicted octanol–water partition coefficient (Wildman–Crippen LogP) is 8.34. The quantitative estimate of drug-likeness (QED) is 0.0554. The van der Waals surface area contributed by atoms with Gasteiger partial charge in [0.25, 0.3) is 0 Å². The molecule has 6 aromatic rings. The molecule has 13 heteroatoms. The Morgan fingerprint density at radius 3 is 1.54 bits per heavy atom. The highest BCUT2D eigenvalue weighted by Gasteiger charge is 2.06. The number of anilines is 5. The molecule has 6 rings (SSSR count). The van der Waals surface area contributed by atoms with Crippen molar-refractivity contribution in [1.82, 2.24) is 29.7 Å². The van der Waals surface area contributed by atoms with Crippen LogP contribution in [0, 0.1) is 13.8 Å². The van der Waals surface area contributed by atoms with Crippen molar-refractivity contribution in [3.05, 3.63) is 149 Å². The number of rotatable bonds is 16. The molecular formula is C44H55ClN10O2. The Hall–Kier alpha value is -5.95. The summed E-state index contributed by atoms with van der Waals surface area (Å²) in [6.45, 7) is 8.57. The van der Waals surface area contributed by atoms with Gasteiger partial charge in [-0.2, -0.15) is 4.98 Å². The standard InChI is InChI=1S/C22H27N5O.C12H12ClN3.C10H16N2O/c1-17-15-24-22(26-21(17)23-16-18-7-5-4-6-8-18)25-19-9-11-20(12-10-19)28-14-13-27(2)3;1-9-7-15-12(13)16-11(9)14-8-10-5-3-2-4-6-10;1-12(2)7-8-13-10-5-3-9(11)4-6-10/h4-12,15H,13-14,16H2,1-3H3,(H2,23,24,25,26);2-7H,8H2,1H3,(H,14,15,16);3-6H,7-8,11H2,1-2H3. The highest BCUT2D eigenvalue weighted by molar-refractivity contribution is 6.28. The van der Waals surface area contributed by atoms with Crippen LogP contribution in [0.3, 0.4) is 0 Å². The van der Waals surface area contributed by atoms with Gasteiger partial charge < -0.3 is 41.0 Å². The summed E-state index contributed by atoms with van der Waals surface area (Å²) < 4.78 is 11.2. The molecule has 0 aliphatic rings. The van der Waals surface area contributed by atoms with Gasteiger partial charge in [-0.25, -0.2) is 15.0 Å². The normalized spacial score (nSPS) is 10.5. The van der Waals surface area contributed by atoms with Gasteiger partial charge in [-0.1, -0.05) is 60.7 Å². The zero-order chi connectivity index (χ0) is 40.8. The van der Waals surface area contributed by atoms with Crippen LogP contribution in [0.1, 0.15) is 22.3 Å². The summed E-state index contributed by atoms with van der Waals surface area (Å²) in [6, 6.07) is 35.6. The molecule has 0 radical (unpaired) electrons. The van der Waals surface area contributed by atoms with Gasteiger partial charge in [0.2, 0.25) is 11.2 Å². The van der Waals surface area contributed by atoms with Crippen LogP contribution in [0.4, 0.5) is 29.0 Å². The average molecular weight is 791 g/mol. The number of aryl methyl sites for hydroxylation is 2. The molecule has 0 bridgehead atoms. The van der Waals surface area contributed by atoms with Gasteiger partial charge in [0.05, 0.1) is 0 Å². The molecule has 0 aliphatic heterocycles. The molecule has 0 spiro atoms. The Labute approximate surface area is 342 Å². The lowest BCUT2D eigenvalue weighted by atomic mass is 10.2. The SMILES string of the molecule is CN(C)CCOc1ccc(N)cc1.Cc1cnc(Cl)nc1NCc1ccccc1.Cc1cnc(Nc2ccc(OCCN(C)C)cc2)nc1NCc1ccccc1. The van der Waals surface area contributed by atoms with Gasteiger partial charge in [0.15, 0.2) is 0 Å². The van der Waals surface area contributed by atoms with E-state index < -0.39 is 0 Å². The van der Waals surface area contributed by atoms with Gasteiger partial charge >= 0.3 is 0 Å². The minimum atomic E-state index is 0.265.